The maximum atomic E-state index is 10.3. The van der Waals surface area contributed by atoms with Crippen LogP contribution in [-0.4, -0.2) is 5.11 Å². The van der Waals surface area contributed by atoms with E-state index in [0.717, 1.165) is 15.6 Å². The number of rotatable bonds is 3. The smallest absolute Gasteiger partial charge is 0.0833 e. The van der Waals surface area contributed by atoms with E-state index in [9.17, 15) is 5.11 Å². The molecule has 2 aromatic rings. The van der Waals surface area contributed by atoms with Gasteiger partial charge in [0, 0.05) is 10.9 Å². The predicted molar refractivity (Wildman–Crippen MR) is 78.7 cm³/mol. The molecular weight excluding hydrogens is 288 g/mol. The van der Waals surface area contributed by atoms with Crippen LogP contribution < -0.4 is 0 Å². The zero-order valence-corrected chi connectivity index (χ0v) is 12.2. The lowest BCUT2D eigenvalue weighted by molar-refractivity contribution is 0.177. The zero-order chi connectivity index (χ0) is 13.1. The van der Waals surface area contributed by atoms with Gasteiger partial charge in [-0.2, -0.15) is 0 Å². The Labute approximate surface area is 117 Å². The number of hydrogen-bond acceptors (Lipinski definition) is 1. The molecule has 94 valence electrons. The van der Waals surface area contributed by atoms with Gasteiger partial charge in [-0.3, -0.25) is 0 Å². The van der Waals surface area contributed by atoms with Crippen molar-refractivity contribution in [3.8, 4) is 0 Å². The Hall–Kier alpha value is -1.12. The summed E-state index contributed by atoms with van der Waals surface area (Å²) in [5, 5.41) is 10.3. The summed E-state index contributed by atoms with van der Waals surface area (Å²) in [6.45, 7) is 4.10. The van der Waals surface area contributed by atoms with Crippen LogP contribution in [0.25, 0.3) is 0 Å². The van der Waals surface area contributed by atoms with Gasteiger partial charge in [0.15, 0.2) is 0 Å². The Balaban J connectivity index is 2.22. The van der Waals surface area contributed by atoms with Crippen molar-refractivity contribution in [3.05, 3.63) is 69.2 Å². The van der Waals surface area contributed by atoms with Gasteiger partial charge in [-0.15, -0.1) is 0 Å². The van der Waals surface area contributed by atoms with Crippen LogP contribution >= 0.6 is 15.9 Å². The van der Waals surface area contributed by atoms with E-state index in [-0.39, 0.29) is 0 Å². The van der Waals surface area contributed by atoms with Crippen LogP contribution in [0.4, 0.5) is 0 Å². The van der Waals surface area contributed by atoms with E-state index < -0.39 is 6.10 Å². The summed E-state index contributed by atoms with van der Waals surface area (Å²) >= 11 is 3.50. The van der Waals surface area contributed by atoms with Gasteiger partial charge >= 0.3 is 0 Å². The molecule has 0 aliphatic carbocycles. The molecule has 0 aromatic heterocycles. The Kier molecular flexibility index (Phi) is 4.20. The molecule has 1 unspecified atom stereocenters. The van der Waals surface area contributed by atoms with Gasteiger partial charge in [0.2, 0.25) is 0 Å². The van der Waals surface area contributed by atoms with E-state index in [0.29, 0.717) is 6.42 Å². The predicted octanol–water partition coefficient (Wildman–Crippen LogP) is 4.34. The van der Waals surface area contributed by atoms with Gasteiger partial charge in [-0.05, 0) is 36.6 Å². The highest BCUT2D eigenvalue weighted by Crippen LogP contribution is 2.26. The van der Waals surface area contributed by atoms with E-state index in [1.165, 1.54) is 11.1 Å². The number of aryl methyl sites for hydroxylation is 1. The van der Waals surface area contributed by atoms with Crippen LogP contribution in [0.5, 0.6) is 0 Å². The molecule has 0 spiro atoms. The molecule has 1 nitrogen and oxygen atoms in total. The minimum Gasteiger partial charge on any atom is -0.388 e. The van der Waals surface area contributed by atoms with E-state index in [1.807, 2.05) is 31.2 Å². The molecule has 0 heterocycles. The number of hydrogen-bond donors (Lipinski definition) is 1. The summed E-state index contributed by atoms with van der Waals surface area (Å²) in [4.78, 5) is 0. The van der Waals surface area contributed by atoms with Gasteiger partial charge in [0.1, 0.15) is 0 Å². The van der Waals surface area contributed by atoms with Crippen molar-refractivity contribution in [1.29, 1.82) is 0 Å². The number of benzene rings is 2. The van der Waals surface area contributed by atoms with Crippen LogP contribution in [0.15, 0.2) is 46.9 Å². The normalized spacial score (nSPS) is 12.4. The van der Waals surface area contributed by atoms with Crippen LogP contribution in [0.1, 0.15) is 28.4 Å². The molecule has 2 aromatic carbocycles. The molecule has 1 N–H and O–H groups in total. The topological polar surface area (TPSA) is 20.2 Å². The largest absolute Gasteiger partial charge is 0.388 e. The fraction of sp³-hybridized carbons (Fsp3) is 0.250. The lowest BCUT2D eigenvalue weighted by atomic mass is 9.97. The fourth-order valence-electron chi connectivity index (χ4n) is 2.16. The minimum atomic E-state index is -0.454. The highest BCUT2D eigenvalue weighted by atomic mass is 79.9. The molecule has 18 heavy (non-hydrogen) atoms. The first-order valence-electron chi connectivity index (χ1n) is 6.06. The summed E-state index contributed by atoms with van der Waals surface area (Å²) in [7, 11) is 0. The van der Waals surface area contributed by atoms with Crippen molar-refractivity contribution < 1.29 is 5.11 Å². The summed E-state index contributed by atoms with van der Waals surface area (Å²) in [6, 6.07) is 14.2. The molecule has 0 aliphatic rings. The van der Waals surface area contributed by atoms with Crippen LogP contribution in [0.2, 0.25) is 0 Å². The van der Waals surface area contributed by atoms with Crippen molar-refractivity contribution in [2.24, 2.45) is 0 Å². The third-order valence-corrected chi connectivity index (χ3v) is 4.04. The van der Waals surface area contributed by atoms with E-state index in [1.54, 1.807) is 0 Å². The van der Waals surface area contributed by atoms with Crippen molar-refractivity contribution in [2.75, 3.05) is 0 Å². The van der Waals surface area contributed by atoms with Gasteiger partial charge < -0.3 is 5.11 Å². The van der Waals surface area contributed by atoms with Gasteiger partial charge in [0.05, 0.1) is 6.10 Å². The highest BCUT2D eigenvalue weighted by molar-refractivity contribution is 9.10. The third-order valence-electron chi connectivity index (χ3n) is 3.18. The second-order valence-corrected chi connectivity index (χ2v) is 5.52. The number of aliphatic hydroxyl groups excluding tert-OH is 1. The quantitative estimate of drug-likeness (QED) is 0.894. The first kappa shape index (κ1) is 13.3. The molecular formula is C16H17BrO. The molecule has 0 amide bonds. The lowest BCUT2D eigenvalue weighted by Crippen LogP contribution is -2.04. The van der Waals surface area contributed by atoms with Crippen molar-refractivity contribution in [3.63, 3.8) is 0 Å². The van der Waals surface area contributed by atoms with Gasteiger partial charge in [-0.1, -0.05) is 57.9 Å². The minimum absolute atomic E-state index is 0.454. The third kappa shape index (κ3) is 3.01. The van der Waals surface area contributed by atoms with Crippen molar-refractivity contribution in [2.45, 2.75) is 26.4 Å². The SMILES string of the molecule is Cc1cccc(CC(O)c2cccc(Br)c2C)c1. The zero-order valence-electron chi connectivity index (χ0n) is 10.7. The molecule has 0 fully saturated rings. The second-order valence-electron chi connectivity index (χ2n) is 4.66. The maximum absolute atomic E-state index is 10.3. The van der Waals surface area contributed by atoms with Crippen LogP contribution in [0, 0.1) is 13.8 Å². The number of aliphatic hydroxyl groups is 1. The van der Waals surface area contributed by atoms with Crippen LogP contribution in [0.3, 0.4) is 0 Å². The summed E-state index contributed by atoms with van der Waals surface area (Å²) in [5.41, 5.74) is 4.50. The molecule has 0 bridgehead atoms. The Morgan fingerprint density at radius 2 is 1.83 bits per heavy atom. The Morgan fingerprint density at radius 1 is 1.11 bits per heavy atom. The van der Waals surface area contributed by atoms with Gasteiger partial charge in [0.25, 0.3) is 0 Å². The van der Waals surface area contributed by atoms with E-state index in [2.05, 4.69) is 41.1 Å². The molecule has 2 rings (SSSR count). The average Bonchev–Trinajstić information content (AvgIpc) is 2.32. The van der Waals surface area contributed by atoms with Crippen molar-refractivity contribution in [1.82, 2.24) is 0 Å². The summed E-state index contributed by atoms with van der Waals surface area (Å²) in [6.07, 6.45) is 0.197. The molecule has 2 heteroatoms. The molecule has 0 aliphatic heterocycles. The first-order valence-corrected chi connectivity index (χ1v) is 6.86. The van der Waals surface area contributed by atoms with Gasteiger partial charge in [-0.25, -0.2) is 0 Å². The van der Waals surface area contributed by atoms with Crippen molar-refractivity contribution >= 4 is 15.9 Å². The summed E-state index contributed by atoms with van der Waals surface area (Å²) < 4.78 is 1.04. The monoisotopic (exact) mass is 304 g/mol. The fourth-order valence-corrected chi connectivity index (χ4v) is 2.54. The Morgan fingerprint density at radius 3 is 2.56 bits per heavy atom. The standard InChI is InChI=1S/C16H17BrO/c1-11-5-3-6-13(9-11)10-16(18)14-7-4-8-15(17)12(14)2/h3-9,16,18H,10H2,1-2H3. The molecule has 1 atom stereocenters. The molecule has 0 saturated heterocycles. The van der Waals surface area contributed by atoms with E-state index in [4.69, 9.17) is 0 Å². The second kappa shape index (κ2) is 5.68. The molecule has 0 radical (unpaired) electrons. The van der Waals surface area contributed by atoms with Crippen LogP contribution in [-0.2, 0) is 6.42 Å². The lowest BCUT2D eigenvalue weighted by Gasteiger charge is -2.15. The average molecular weight is 305 g/mol. The first-order chi connectivity index (χ1) is 8.58. The molecule has 0 saturated carbocycles. The maximum Gasteiger partial charge on any atom is 0.0833 e. The Bertz CT molecular complexity index is 549. The highest BCUT2D eigenvalue weighted by Gasteiger charge is 2.12. The number of halogens is 1. The summed E-state index contributed by atoms with van der Waals surface area (Å²) in [5.74, 6) is 0. The van der Waals surface area contributed by atoms with E-state index >= 15 is 0 Å².